The molecule has 3 N–H and O–H groups in total. The third kappa shape index (κ3) is 4.13. The van der Waals surface area contributed by atoms with Crippen LogP contribution in [-0.4, -0.2) is 58.3 Å². The number of piperazine rings is 1. The predicted octanol–water partition coefficient (Wildman–Crippen LogP) is 0.195. The van der Waals surface area contributed by atoms with Gasteiger partial charge in [0.05, 0.1) is 17.2 Å². The molecule has 1 aliphatic heterocycles. The van der Waals surface area contributed by atoms with Crippen LogP contribution in [0.25, 0.3) is 11.0 Å². The molecule has 0 spiro atoms. The summed E-state index contributed by atoms with van der Waals surface area (Å²) in [5.74, 6) is -2.66. The third-order valence-corrected chi connectivity index (χ3v) is 3.06. The topological polar surface area (TPSA) is 116 Å². The SMILES string of the molecule is O=C(O)C(=O)O.c1ccc2nc(N3CCNCC3)cnc2c1. The molecule has 1 saturated heterocycles. The van der Waals surface area contributed by atoms with E-state index in [1.54, 1.807) is 0 Å². The lowest BCUT2D eigenvalue weighted by Crippen LogP contribution is -2.43. The standard InChI is InChI=1S/C12H14N4.C2H2O4/c1-2-4-11-10(3-1)14-9-12(15-11)16-7-5-13-6-8-16;3-1(4)2(5)6/h1-4,9,13H,5-8H2;(H,3,4)(H,5,6). The number of rotatable bonds is 1. The number of benzene rings is 1. The van der Waals surface area contributed by atoms with E-state index in [-0.39, 0.29) is 0 Å². The van der Waals surface area contributed by atoms with Gasteiger partial charge < -0.3 is 20.4 Å². The summed E-state index contributed by atoms with van der Waals surface area (Å²) in [4.78, 5) is 29.5. The van der Waals surface area contributed by atoms with Crippen molar-refractivity contribution in [1.82, 2.24) is 15.3 Å². The van der Waals surface area contributed by atoms with E-state index in [2.05, 4.69) is 20.2 Å². The normalized spacial score (nSPS) is 14.1. The average molecular weight is 304 g/mol. The van der Waals surface area contributed by atoms with Crippen LogP contribution in [0.5, 0.6) is 0 Å². The fourth-order valence-corrected chi connectivity index (χ4v) is 1.99. The minimum atomic E-state index is -1.82. The fraction of sp³-hybridized carbons (Fsp3) is 0.286. The van der Waals surface area contributed by atoms with Crippen LogP contribution in [0.2, 0.25) is 0 Å². The molecule has 0 saturated carbocycles. The first-order valence-electron chi connectivity index (χ1n) is 6.71. The van der Waals surface area contributed by atoms with Crippen molar-refractivity contribution in [3.8, 4) is 0 Å². The highest BCUT2D eigenvalue weighted by atomic mass is 16.4. The number of fused-ring (bicyclic) bond motifs is 1. The Hall–Kier alpha value is -2.74. The zero-order valence-corrected chi connectivity index (χ0v) is 11.8. The van der Waals surface area contributed by atoms with Gasteiger partial charge >= 0.3 is 11.9 Å². The predicted molar refractivity (Wildman–Crippen MR) is 79.9 cm³/mol. The number of nitrogens with zero attached hydrogens (tertiary/aromatic N) is 3. The number of para-hydroxylation sites is 2. The van der Waals surface area contributed by atoms with Crippen LogP contribution in [0.4, 0.5) is 5.82 Å². The van der Waals surface area contributed by atoms with Gasteiger partial charge in [-0.15, -0.1) is 0 Å². The van der Waals surface area contributed by atoms with E-state index in [1.807, 2.05) is 30.5 Å². The largest absolute Gasteiger partial charge is 0.473 e. The van der Waals surface area contributed by atoms with Crippen molar-refractivity contribution in [2.75, 3.05) is 31.1 Å². The molecule has 2 aromatic rings. The van der Waals surface area contributed by atoms with Crippen LogP contribution in [-0.2, 0) is 9.59 Å². The van der Waals surface area contributed by atoms with Crippen molar-refractivity contribution >= 4 is 28.8 Å². The van der Waals surface area contributed by atoms with Gasteiger partial charge in [-0.1, -0.05) is 12.1 Å². The molecule has 22 heavy (non-hydrogen) atoms. The summed E-state index contributed by atoms with van der Waals surface area (Å²) in [6, 6.07) is 7.98. The highest BCUT2D eigenvalue weighted by molar-refractivity contribution is 6.27. The molecule has 116 valence electrons. The minimum Gasteiger partial charge on any atom is -0.473 e. The second-order valence-electron chi connectivity index (χ2n) is 4.56. The lowest BCUT2D eigenvalue weighted by molar-refractivity contribution is -0.159. The highest BCUT2D eigenvalue weighted by Gasteiger charge is 2.12. The van der Waals surface area contributed by atoms with Gasteiger partial charge in [-0.3, -0.25) is 4.98 Å². The van der Waals surface area contributed by atoms with E-state index >= 15 is 0 Å². The smallest absolute Gasteiger partial charge is 0.414 e. The quantitative estimate of drug-likeness (QED) is 0.640. The summed E-state index contributed by atoms with van der Waals surface area (Å²) >= 11 is 0. The van der Waals surface area contributed by atoms with E-state index in [0.717, 1.165) is 43.0 Å². The van der Waals surface area contributed by atoms with E-state index in [1.165, 1.54) is 0 Å². The number of carbonyl (C=O) groups is 2. The van der Waals surface area contributed by atoms with E-state index < -0.39 is 11.9 Å². The fourth-order valence-electron chi connectivity index (χ4n) is 1.99. The number of aliphatic carboxylic acids is 2. The van der Waals surface area contributed by atoms with Crippen LogP contribution in [0.15, 0.2) is 30.5 Å². The summed E-state index contributed by atoms with van der Waals surface area (Å²) in [5.41, 5.74) is 1.93. The second kappa shape index (κ2) is 7.32. The molecule has 3 rings (SSSR count). The summed E-state index contributed by atoms with van der Waals surface area (Å²) in [6.07, 6.45) is 1.87. The van der Waals surface area contributed by atoms with Gasteiger partial charge in [0.15, 0.2) is 0 Å². The van der Waals surface area contributed by atoms with Crippen molar-refractivity contribution in [3.63, 3.8) is 0 Å². The molecule has 0 atom stereocenters. The van der Waals surface area contributed by atoms with Crippen molar-refractivity contribution in [1.29, 1.82) is 0 Å². The molecule has 1 aromatic carbocycles. The molecule has 1 aliphatic rings. The van der Waals surface area contributed by atoms with Crippen LogP contribution >= 0.6 is 0 Å². The van der Waals surface area contributed by atoms with Gasteiger partial charge in [-0.2, -0.15) is 0 Å². The number of hydrogen-bond acceptors (Lipinski definition) is 6. The number of carboxylic acids is 2. The zero-order chi connectivity index (χ0) is 15.9. The van der Waals surface area contributed by atoms with Gasteiger partial charge in [0.25, 0.3) is 0 Å². The van der Waals surface area contributed by atoms with Crippen LogP contribution in [0.3, 0.4) is 0 Å². The highest BCUT2D eigenvalue weighted by Crippen LogP contribution is 2.15. The van der Waals surface area contributed by atoms with Crippen molar-refractivity contribution in [2.45, 2.75) is 0 Å². The molecular formula is C14H16N4O4. The first-order valence-corrected chi connectivity index (χ1v) is 6.71. The van der Waals surface area contributed by atoms with E-state index in [9.17, 15) is 0 Å². The number of hydrogen-bond donors (Lipinski definition) is 3. The Labute approximate surface area is 126 Å². The lowest BCUT2D eigenvalue weighted by Gasteiger charge is -2.28. The number of aromatic nitrogens is 2. The number of anilines is 1. The molecule has 0 radical (unpaired) electrons. The maximum Gasteiger partial charge on any atom is 0.414 e. The summed E-state index contributed by atoms with van der Waals surface area (Å²) < 4.78 is 0. The molecule has 8 nitrogen and oxygen atoms in total. The summed E-state index contributed by atoms with van der Waals surface area (Å²) in [7, 11) is 0. The van der Waals surface area contributed by atoms with Gasteiger partial charge in [-0.05, 0) is 12.1 Å². The number of nitrogens with one attached hydrogen (secondary N) is 1. The van der Waals surface area contributed by atoms with Gasteiger partial charge in [0, 0.05) is 26.2 Å². The number of carboxylic acid groups (broad SMARTS) is 2. The Kier molecular flexibility index (Phi) is 5.21. The first kappa shape index (κ1) is 15.6. The molecule has 1 aromatic heterocycles. The minimum absolute atomic E-state index is 0.960. The lowest BCUT2D eigenvalue weighted by atomic mass is 10.3. The Balaban J connectivity index is 0.000000254. The maximum absolute atomic E-state index is 9.10. The maximum atomic E-state index is 9.10. The molecule has 2 heterocycles. The molecule has 0 unspecified atom stereocenters. The average Bonchev–Trinajstić information content (AvgIpc) is 2.55. The molecule has 0 bridgehead atoms. The Morgan fingerprint density at radius 1 is 1.05 bits per heavy atom. The Morgan fingerprint density at radius 3 is 2.23 bits per heavy atom. The first-order chi connectivity index (χ1) is 10.6. The van der Waals surface area contributed by atoms with Crippen molar-refractivity contribution in [3.05, 3.63) is 30.5 Å². The Morgan fingerprint density at radius 2 is 1.64 bits per heavy atom. The van der Waals surface area contributed by atoms with Crippen LogP contribution in [0, 0.1) is 0 Å². The summed E-state index contributed by atoms with van der Waals surface area (Å²) in [5, 5.41) is 18.1. The van der Waals surface area contributed by atoms with Crippen LogP contribution in [0.1, 0.15) is 0 Å². The van der Waals surface area contributed by atoms with Gasteiger partial charge in [-0.25, -0.2) is 14.6 Å². The Bertz CT molecular complexity index is 659. The molecule has 1 fully saturated rings. The second-order valence-corrected chi connectivity index (χ2v) is 4.56. The van der Waals surface area contributed by atoms with E-state index in [0.29, 0.717) is 0 Å². The molecular weight excluding hydrogens is 288 g/mol. The van der Waals surface area contributed by atoms with Crippen LogP contribution < -0.4 is 10.2 Å². The molecule has 0 aliphatic carbocycles. The third-order valence-electron chi connectivity index (χ3n) is 3.06. The molecule has 8 heteroatoms. The van der Waals surface area contributed by atoms with Gasteiger partial charge in [0.2, 0.25) is 0 Å². The summed E-state index contributed by atoms with van der Waals surface area (Å²) in [6.45, 7) is 4.06. The van der Waals surface area contributed by atoms with Crippen molar-refractivity contribution in [2.24, 2.45) is 0 Å². The van der Waals surface area contributed by atoms with Gasteiger partial charge in [0.1, 0.15) is 5.82 Å². The monoisotopic (exact) mass is 304 g/mol. The zero-order valence-electron chi connectivity index (χ0n) is 11.8. The van der Waals surface area contributed by atoms with Crippen molar-refractivity contribution < 1.29 is 19.8 Å². The van der Waals surface area contributed by atoms with E-state index in [4.69, 9.17) is 19.8 Å². The molecule has 0 amide bonds.